The highest BCUT2D eigenvalue weighted by atomic mass is 79.9. The average Bonchev–Trinajstić information content (AvgIpc) is 2.29. The van der Waals surface area contributed by atoms with Crippen LogP contribution in [0.1, 0.15) is 29.3 Å². The van der Waals surface area contributed by atoms with E-state index in [0.29, 0.717) is 35.6 Å². The van der Waals surface area contributed by atoms with Crippen molar-refractivity contribution in [2.45, 2.75) is 19.2 Å². The van der Waals surface area contributed by atoms with Crippen molar-refractivity contribution in [3.8, 4) is 5.75 Å². The Hall–Kier alpha value is -0.540. The van der Waals surface area contributed by atoms with Gasteiger partial charge >= 0.3 is 0 Å². The van der Waals surface area contributed by atoms with Gasteiger partial charge in [0.1, 0.15) is 5.75 Å². The second kappa shape index (κ2) is 6.92. The van der Waals surface area contributed by atoms with Crippen molar-refractivity contribution >= 4 is 33.3 Å². The van der Waals surface area contributed by atoms with E-state index < -0.39 is 0 Å². The zero-order chi connectivity index (χ0) is 12.0. The molecule has 1 aromatic carbocycles. The third-order valence-electron chi connectivity index (χ3n) is 2.16. The molecule has 2 nitrogen and oxygen atoms in total. The third kappa shape index (κ3) is 3.22. The summed E-state index contributed by atoms with van der Waals surface area (Å²) in [4.78, 5) is 12.0. The van der Waals surface area contributed by atoms with Crippen molar-refractivity contribution in [3.63, 3.8) is 0 Å². The van der Waals surface area contributed by atoms with Crippen LogP contribution in [0.4, 0.5) is 0 Å². The van der Waals surface area contributed by atoms with E-state index in [2.05, 4.69) is 15.9 Å². The normalized spacial score (nSPS) is 10.2. The molecule has 4 heteroatoms. The molecule has 0 spiro atoms. The molecule has 0 aliphatic carbocycles. The minimum absolute atomic E-state index is 0.0663. The van der Waals surface area contributed by atoms with E-state index in [1.165, 1.54) is 0 Å². The van der Waals surface area contributed by atoms with Gasteiger partial charge in [-0.1, -0.05) is 28.1 Å². The molecule has 0 bridgehead atoms. The van der Waals surface area contributed by atoms with E-state index >= 15 is 0 Å². The Morgan fingerprint density at radius 2 is 2.25 bits per heavy atom. The largest absolute Gasteiger partial charge is 0.493 e. The Morgan fingerprint density at radius 3 is 2.81 bits per heavy atom. The number of ketones is 1. The molecule has 0 amide bonds. The molecule has 0 unspecified atom stereocenters. The highest BCUT2D eigenvalue weighted by molar-refractivity contribution is 9.09. The van der Waals surface area contributed by atoms with Crippen LogP contribution >= 0.6 is 27.5 Å². The molecule has 0 saturated heterocycles. The Kier molecular flexibility index (Phi) is 5.85. The number of halogens is 2. The SMILES string of the molecule is CCOc1cccc(CCl)c1C(=O)CCBr. The quantitative estimate of drug-likeness (QED) is 0.590. The monoisotopic (exact) mass is 304 g/mol. The molecule has 0 fully saturated rings. The van der Waals surface area contributed by atoms with Gasteiger partial charge in [-0.05, 0) is 18.6 Å². The fraction of sp³-hybridized carbons (Fsp3) is 0.417. The van der Waals surface area contributed by atoms with Gasteiger partial charge in [0.2, 0.25) is 0 Å². The van der Waals surface area contributed by atoms with Gasteiger partial charge in [-0.3, -0.25) is 4.79 Å². The van der Waals surface area contributed by atoms with Crippen molar-refractivity contribution in [2.75, 3.05) is 11.9 Å². The lowest BCUT2D eigenvalue weighted by molar-refractivity contribution is 0.0985. The van der Waals surface area contributed by atoms with E-state index in [-0.39, 0.29) is 5.78 Å². The second-order valence-corrected chi connectivity index (χ2v) is 4.28. The van der Waals surface area contributed by atoms with Crippen molar-refractivity contribution in [1.82, 2.24) is 0 Å². The molecule has 16 heavy (non-hydrogen) atoms. The second-order valence-electron chi connectivity index (χ2n) is 3.22. The van der Waals surface area contributed by atoms with Crippen LogP contribution in [0.25, 0.3) is 0 Å². The van der Waals surface area contributed by atoms with Gasteiger partial charge in [0.15, 0.2) is 5.78 Å². The van der Waals surface area contributed by atoms with Crippen molar-refractivity contribution < 1.29 is 9.53 Å². The molecule has 0 aliphatic rings. The van der Waals surface area contributed by atoms with Gasteiger partial charge in [0, 0.05) is 17.6 Å². The lowest BCUT2D eigenvalue weighted by Crippen LogP contribution is -2.07. The van der Waals surface area contributed by atoms with Crippen LogP contribution < -0.4 is 4.74 Å². The number of Topliss-reactive ketones (excluding diaryl/α,β-unsaturated/α-hetero) is 1. The van der Waals surface area contributed by atoms with Gasteiger partial charge in [-0.2, -0.15) is 0 Å². The predicted molar refractivity (Wildman–Crippen MR) is 69.9 cm³/mol. The number of alkyl halides is 2. The van der Waals surface area contributed by atoms with Gasteiger partial charge in [0.05, 0.1) is 12.2 Å². The van der Waals surface area contributed by atoms with E-state index in [0.717, 1.165) is 5.56 Å². The number of hydrogen-bond acceptors (Lipinski definition) is 2. The van der Waals surface area contributed by atoms with Gasteiger partial charge < -0.3 is 4.74 Å². The van der Waals surface area contributed by atoms with Crippen LogP contribution in [0.3, 0.4) is 0 Å². The maximum atomic E-state index is 12.0. The molecule has 1 aromatic rings. The number of carbonyl (C=O) groups is 1. The van der Waals surface area contributed by atoms with E-state index in [9.17, 15) is 4.79 Å². The summed E-state index contributed by atoms with van der Waals surface area (Å²) < 4.78 is 5.45. The third-order valence-corrected chi connectivity index (χ3v) is 2.84. The van der Waals surface area contributed by atoms with E-state index in [1.54, 1.807) is 6.07 Å². The number of ether oxygens (including phenoxy) is 1. The van der Waals surface area contributed by atoms with Crippen LogP contribution in [0.5, 0.6) is 5.75 Å². The Morgan fingerprint density at radius 1 is 1.50 bits per heavy atom. The number of hydrogen-bond donors (Lipinski definition) is 0. The van der Waals surface area contributed by atoms with Crippen LogP contribution in [-0.2, 0) is 5.88 Å². The number of benzene rings is 1. The maximum Gasteiger partial charge on any atom is 0.167 e. The fourth-order valence-electron chi connectivity index (χ4n) is 1.49. The Bertz CT molecular complexity index is 366. The summed E-state index contributed by atoms with van der Waals surface area (Å²) in [5.74, 6) is 1.02. The molecule has 0 heterocycles. The molecule has 1 rings (SSSR count). The van der Waals surface area contributed by atoms with Gasteiger partial charge in [-0.25, -0.2) is 0 Å². The summed E-state index contributed by atoms with van der Waals surface area (Å²) in [5, 5.41) is 0.647. The lowest BCUT2D eigenvalue weighted by atomic mass is 10.0. The minimum atomic E-state index is 0.0663. The molecule has 0 aliphatic heterocycles. The molecular formula is C12H14BrClO2. The lowest BCUT2D eigenvalue weighted by Gasteiger charge is -2.12. The van der Waals surface area contributed by atoms with Crippen LogP contribution in [0.2, 0.25) is 0 Å². The Labute approximate surface area is 109 Å². The van der Waals surface area contributed by atoms with Crippen molar-refractivity contribution in [3.05, 3.63) is 29.3 Å². The van der Waals surface area contributed by atoms with Gasteiger partial charge in [0.25, 0.3) is 0 Å². The molecule has 0 atom stereocenters. The van der Waals surface area contributed by atoms with Gasteiger partial charge in [-0.15, -0.1) is 11.6 Å². The Balaban J connectivity index is 3.13. The smallest absolute Gasteiger partial charge is 0.167 e. The predicted octanol–water partition coefficient (Wildman–Crippen LogP) is 3.79. The van der Waals surface area contributed by atoms with E-state index in [4.69, 9.17) is 16.3 Å². The first-order chi connectivity index (χ1) is 7.74. The molecular weight excluding hydrogens is 291 g/mol. The summed E-state index contributed by atoms with van der Waals surface area (Å²) in [6.45, 7) is 2.44. The highest BCUT2D eigenvalue weighted by Crippen LogP contribution is 2.25. The molecule has 0 radical (unpaired) electrons. The van der Waals surface area contributed by atoms with Crippen LogP contribution in [0.15, 0.2) is 18.2 Å². The first-order valence-electron chi connectivity index (χ1n) is 5.14. The highest BCUT2D eigenvalue weighted by Gasteiger charge is 2.16. The summed E-state index contributed by atoms with van der Waals surface area (Å²) in [6.07, 6.45) is 0.452. The first-order valence-corrected chi connectivity index (χ1v) is 6.80. The standard InChI is InChI=1S/C12H14BrClO2/c1-2-16-11-5-3-4-9(8-14)12(11)10(15)6-7-13/h3-5H,2,6-8H2,1H3. The van der Waals surface area contributed by atoms with Crippen molar-refractivity contribution in [1.29, 1.82) is 0 Å². The maximum absolute atomic E-state index is 12.0. The molecule has 88 valence electrons. The van der Waals surface area contributed by atoms with E-state index in [1.807, 2.05) is 19.1 Å². The summed E-state index contributed by atoms with van der Waals surface area (Å²) >= 11 is 9.09. The minimum Gasteiger partial charge on any atom is -0.493 e. The molecule has 0 N–H and O–H groups in total. The topological polar surface area (TPSA) is 26.3 Å². The molecule has 0 saturated carbocycles. The van der Waals surface area contributed by atoms with Crippen LogP contribution in [-0.4, -0.2) is 17.7 Å². The van der Waals surface area contributed by atoms with Crippen molar-refractivity contribution in [2.24, 2.45) is 0 Å². The number of carbonyl (C=O) groups excluding carboxylic acids is 1. The zero-order valence-corrected chi connectivity index (χ0v) is 11.5. The summed E-state index contributed by atoms with van der Waals surface area (Å²) in [5.41, 5.74) is 1.46. The summed E-state index contributed by atoms with van der Waals surface area (Å²) in [7, 11) is 0. The summed E-state index contributed by atoms with van der Waals surface area (Å²) in [6, 6.07) is 5.52. The van der Waals surface area contributed by atoms with Crippen LogP contribution in [0, 0.1) is 0 Å². The average molecular weight is 306 g/mol. The fourth-order valence-corrected chi connectivity index (χ4v) is 2.07. The number of rotatable bonds is 6. The molecule has 0 aromatic heterocycles. The first kappa shape index (κ1) is 13.5. The zero-order valence-electron chi connectivity index (χ0n) is 9.13.